The van der Waals surface area contributed by atoms with Crippen LogP contribution in [0.3, 0.4) is 0 Å². The summed E-state index contributed by atoms with van der Waals surface area (Å²) in [7, 11) is 0. The second kappa shape index (κ2) is 5.44. The van der Waals surface area contributed by atoms with Crippen LogP contribution in [0.2, 0.25) is 10.0 Å². The average molecular weight is 326 g/mol. The van der Waals surface area contributed by atoms with Crippen molar-refractivity contribution in [3.8, 4) is 0 Å². The van der Waals surface area contributed by atoms with Crippen LogP contribution in [0.1, 0.15) is 45.6 Å². The summed E-state index contributed by atoms with van der Waals surface area (Å²) >= 11 is 12.2. The molecule has 2 atom stereocenters. The molecule has 0 radical (unpaired) electrons. The van der Waals surface area contributed by atoms with Gasteiger partial charge in [0.2, 0.25) is 0 Å². The zero-order valence-electron chi connectivity index (χ0n) is 13.2. The van der Waals surface area contributed by atoms with E-state index < -0.39 is 0 Å². The van der Waals surface area contributed by atoms with Gasteiger partial charge in [0, 0.05) is 12.1 Å². The Kier molecular flexibility index (Phi) is 4.05. The Labute approximate surface area is 138 Å². The zero-order chi connectivity index (χ0) is 15.3. The summed E-state index contributed by atoms with van der Waals surface area (Å²) < 4.78 is 0. The first kappa shape index (κ1) is 15.6. The van der Waals surface area contributed by atoms with Gasteiger partial charge in [-0.25, -0.2) is 0 Å². The van der Waals surface area contributed by atoms with Crippen LogP contribution in [0.15, 0.2) is 18.2 Å². The van der Waals surface area contributed by atoms with E-state index in [9.17, 15) is 0 Å². The molecule has 0 heterocycles. The highest BCUT2D eigenvalue weighted by Crippen LogP contribution is 2.60. The highest BCUT2D eigenvalue weighted by atomic mass is 35.5. The standard InChI is InChI=1S/C18H25Cl2N/c1-17(2,3)21-11-18(9-13-7-14(13)10-18)8-12-4-5-15(19)16(20)6-12/h4-6,13-14,21H,7-11H2,1-3H3. The maximum absolute atomic E-state index is 6.18. The molecule has 21 heavy (non-hydrogen) atoms. The Hall–Kier alpha value is -0.240. The SMILES string of the molecule is CC(C)(C)NCC1(Cc2ccc(Cl)c(Cl)c2)CC2CC2C1. The van der Waals surface area contributed by atoms with E-state index in [4.69, 9.17) is 23.2 Å². The summed E-state index contributed by atoms with van der Waals surface area (Å²) in [6.07, 6.45) is 5.29. The van der Waals surface area contributed by atoms with Crippen molar-refractivity contribution in [2.75, 3.05) is 6.54 Å². The minimum absolute atomic E-state index is 0.178. The molecule has 1 aromatic rings. The molecular weight excluding hydrogens is 301 g/mol. The van der Waals surface area contributed by atoms with Crippen LogP contribution in [0.4, 0.5) is 0 Å². The van der Waals surface area contributed by atoms with Gasteiger partial charge in [-0.2, -0.15) is 0 Å². The fraction of sp³-hybridized carbons (Fsp3) is 0.667. The molecular formula is C18H25Cl2N. The maximum Gasteiger partial charge on any atom is 0.0595 e. The average Bonchev–Trinajstić information content (AvgIpc) is 2.99. The Bertz CT molecular complexity index is 523. The molecule has 3 rings (SSSR count). The maximum atomic E-state index is 6.18. The molecule has 0 saturated heterocycles. The normalized spacial score (nSPS) is 31.3. The van der Waals surface area contributed by atoms with Crippen molar-refractivity contribution in [3.05, 3.63) is 33.8 Å². The van der Waals surface area contributed by atoms with Crippen LogP contribution in [-0.2, 0) is 6.42 Å². The molecule has 116 valence electrons. The van der Waals surface area contributed by atoms with Crippen LogP contribution in [0, 0.1) is 17.3 Å². The summed E-state index contributed by atoms with van der Waals surface area (Å²) in [5, 5.41) is 5.06. The Morgan fingerprint density at radius 2 is 1.81 bits per heavy atom. The lowest BCUT2D eigenvalue weighted by Gasteiger charge is -2.35. The van der Waals surface area contributed by atoms with E-state index in [1.54, 1.807) is 0 Å². The second-order valence-electron chi connectivity index (χ2n) is 8.19. The molecule has 2 saturated carbocycles. The van der Waals surface area contributed by atoms with E-state index in [2.05, 4.69) is 32.2 Å². The quantitative estimate of drug-likeness (QED) is 0.787. The lowest BCUT2D eigenvalue weighted by atomic mass is 9.77. The molecule has 3 heteroatoms. The summed E-state index contributed by atoms with van der Waals surface area (Å²) in [4.78, 5) is 0. The topological polar surface area (TPSA) is 12.0 Å². The summed E-state index contributed by atoms with van der Waals surface area (Å²) in [6, 6.07) is 6.11. The molecule has 0 aliphatic heterocycles. The van der Waals surface area contributed by atoms with Crippen LogP contribution >= 0.6 is 23.2 Å². The van der Waals surface area contributed by atoms with Crippen molar-refractivity contribution >= 4 is 23.2 Å². The minimum atomic E-state index is 0.178. The molecule has 2 unspecified atom stereocenters. The molecule has 1 aromatic carbocycles. The van der Waals surface area contributed by atoms with Gasteiger partial charge in [-0.1, -0.05) is 29.3 Å². The van der Waals surface area contributed by atoms with E-state index >= 15 is 0 Å². The number of halogens is 2. The highest BCUT2D eigenvalue weighted by molar-refractivity contribution is 6.42. The monoisotopic (exact) mass is 325 g/mol. The van der Waals surface area contributed by atoms with Gasteiger partial charge in [-0.15, -0.1) is 0 Å². The van der Waals surface area contributed by atoms with Crippen LogP contribution in [0.25, 0.3) is 0 Å². The molecule has 1 nitrogen and oxygen atoms in total. The van der Waals surface area contributed by atoms with Gasteiger partial charge >= 0.3 is 0 Å². The first-order valence-corrected chi connectivity index (χ1v) is 8.71. The smallest absolute Gasteiger partial charge is 0.0595 e. The first-order valence-electron chi connectivity index (χ1n) is 7.95. The molecule has 0 spiro atoms. The van der Waals surface area contributed by atoms with Gasteiger partial charge in [0.25, 0.3) is 0 Å². The van der Waals surface area contributed by atoms with Crippen LogP contribution in [-0.4, -0.2) is 12.1 Å². The highest BCUT2D eigenvalue weighted by Gasteiger charge is 2.53. The van der Waals surface area contributed by atoms with Gasteiger partial charge in [-0.3, -0.25) is 0 Å². The summed E-state index contributed by atoms with van der Waals surface area (Å²) in [5.74, 6) is 1.96. The Morgan fingerprint density at radius 3 is 2.38 bits per heavy atom. The van der Waals surface area contributed by atoms with Gasteiger partial charge < -0.3 is 5.32 Å². The van der Waals surface area contributed by atoms with Gasteiger partial charge in [0.15, 0.2) is 0 Å². The number of nitrogens with one attached hydrogen (secondary N) is 1. The fourth-order valence-electron chi connectivity index (χ4n) is 3.89. The van der Waals surface area contributed by atoms with Crippen molar-refractivity contribution in [3.63, 3.8) is 0 Å². The van der Waals surface area contributed by atoms with Crippen molar-refractivity contribution in [1.29, 1.82) is 0 Å². The largest absolute Gasteiger partial charge is 0.312 e. The number of fused-ring (bicyclic) bond motifs is 1. The van der Waals surface area contributed by atoms with E-state index in [1.807, 2.05) is 12.1 Å². The third-order valence-corrected chi connectivity index (χ3v) is 5.76. The van der Waals surface area contributed by atoms with Crippen molar-refractivity contribution in [2.24, 2.45) is 17.3 Å². The predicted octanol–water partition coefficient (Wildman–Crippen LogP) is 5.34. The van der Waals surface area contributed by atoms with Crippen molar-refractivity contribution < 1.29 is 0 Å². The van der Waals surface area contributed by atoms with Crippen LogP contribution < -0.4 is 5.32 Å². The number of hydrogen-bond acceptors (Lipinski definition) is 1. The van der Waals surface area contributed by atoms with Crippen LogP contribution in [0.5, 0.6) is 0 Å². The van der Waals surface area contributed by atoms with E-state index in [-0.39, 0.29) is 5.54 Å². The number of rotatable bonds is 4. The van der Waals surface area contributed by atoms with E-state index in [1.165, 1.54) is 24.8 Å². The van der Waals surface area contributed by atoms with E-state index in [0.29, 0.717) is 15.5 Å². The zero-order valence-corrected chi connectivity index (χ0v) is 14.7. The third kappa shape index (κ3) is 3.75. The summed E-state index contributed by atoms with van der Waals surface area (Å²) in [6.45, 7) is 7.84. The molecule has 0 amide bonds. The molecule has 0 aromatic heterocycles. The Balaban J connectivity index is 1.74. The molecule has 2 aliphatic rings. The van der Waals surface area contributed by atoms with Gasteiger partial charge in [0.1, 0.15) is 0 Å². The van der Waals surface area contributed by atoms with Gasteiger partial charge in [0.05, 0.1) is 10.0 Å². The molecule has 2 aliphatic carbocycles. The second-order valence-corrected chi connectivity index (χ2v) is 9.01. The number of hydrogen-bond donors (Lipinski definition) is 1. The van der Waals surface area contributed by atoms with Crippen molar-refractivity contribution in [2.45, 2.75) is 52.0 Å². The summed E-state index contributed by atoms with van der Waals surface area (Å²) in [5.41, 5.74) is 1.90. The minimum Gasteiger partial charge on any atom is -0.312 e. The molecule has 2 fully saturated rings. The van der Waals surface area contributed by atoms with Crippen molar-refractivity contribution in [1.82, 2.24) is 5.32 Å². The molecule has 1 N–H and O–H groups in total. The third-order valence-electron chi connectivity index (χ3n) is 5.02. The predicted molar refractivity (Wildman–Crippen MR) is 91.2 cm³/mol. The lowest BCUT2D eigenvalue weighted by Crippen LogP contribution is -2.44. The first-order chi connectivity index (χ1) is 9.76. The van der Waals surface area contributed by atoms with Gasteiger partial charge in [-0.05, 0) is 81.4 Å². The Morgan fingerprint density at radius 1 is 1.14 bits per heavy atom. The van der Waals surface area contributed by atoms with E-state index in [0.717, 1.165) is 24.8 Å². The number of benzene rings is 1. The molecule has 0 bridgehead atoms. The fourth-order valence-corrected chi connectivity index (χ4v) is 4.21. The lowest BCUT2D eigenvalue weighted by molar-refractivity contribution is 0.222.